The molecule has 0 aromatic heterocycles. The van der Waals surface area contributed by atoms with Gasteiger partial charge in [0.1, 0.15) is 5.75 Å². The quantitative estimate of drug-likeness (QED) is 0.485. The highest BCUT2D eigenvalue weighted by molar-refractivity contribution is 5.90. The number of carbonyl (C=O) groups is 1. The third kappa shape index (κ3) is 2.48. The molecule has 5 heteroatoms. The van der Waals surface area contributed by atoms with E-state index < -0.39 is 5.97 Å². The van der Waals surface area contributed by atoms with Crippen LogP contribution in [-0.4, -0.2) is 22.0 Å². The maximum absolute atomic E-state index is 10.6. The molecule has 0 aliphatic rings. The van der Waals surface area contributed by atoms with Gasteiger partial charge in [-0.15, -0.1) is 0 Å². The van der Waals surface area contributed by atoms with E-state index in [1.165, 1.54) is 12.1 Å². The molecule has 1 aromatic carbocycles. The van der Waals surface area contributed by atoms with Crippen LogP contribution in [0.2, 0.25) is 0 Å². The van der Waals surface area contributed by atoms with Crippen molar-refractivity contribution in [1.82, 2.24) is 0 Å². The van der Waals surface area contributed by atoms with Gasteiger partial charge in [-0.2, -0.15) is 0 Å². The molecule has 0 heterocycles. The maximum atomic E-state index is 10.6. The molecule has 0 radical (unpaired) electrons. The van der Waals surface area contributed by atoms with Gasteiger partial charge in [0.2, 0.25) is 0 Å². The SMILES string of the molecule is CC(N)=Nc1cc(O)cc(C(=O)O)c1. The molecule has 1 aromatic rings. The van der Waals surface area contributed by atoms with E-state index in [-0.39, 0.29) is 11.3 Å². The number of nitrogens with two attached hydrogens (primary N) is 1. The number of carboxylic acid groups (broad SMARTS) is 1. The number of nitrogens with zero attached hydrogens (tertiary/aromatic N) is 1. The molecule has 0 atom stereocenters. The number of rotatable bonds is 2. The molecule has 0 bridgehead atoms. The predicted molar refractivity (Wildman–Crippen MR) is 52.0 cm³/mol. The van der Waals surface area contributed by atoms with E-state index in [4.69, 9.17) is 10.8 Å². The molecule has 0 fully saturated rings. The molecule has 0 saturated carbocycles. The molecule has 74 valence electrons. The van der Waals surface area contributed by atoms with Crippen molar-refractivity contribution in [3.05, 3.63) is 23.8 Å². The van der Waals surface area contributed by atoms with Crippen LogP contribution in [-0.2, 0) is 0 Å². The Labute approximate surface area is 80.5 Å². The molecule has 0 amide bonds. The van der Waals surface area contributed by atoms with Crippen LogP contribution in [0.15, 0.2) is 23.2 Å². The lowest BCUT2D eigenvalue weighted by atomic mass is 10.2. The fraction of sp³-hybridized carbons (Fsp3) is 0.111. The lowest BCUT2D eigenvalue weighted by molar-refractivity contribution is 0.0696. The second kappa shape index (κ2) is 3.78. The number of aliphatic imine (C=N–C) groups is 1. The number of benzene rings is 1. The maximum Gasteiger partial charge on any atom is 0.335 e. The highest BCUT2D eigenvalue weighted by Crippen LogP contribution is 2.22. The molecule has 1 rings (SSSR count). The minimum Gasteiger partial charge on any atom is -0.508 e. The zero-order valence-corrected chi connectivity index (χ0v) is 7.56. The van der Waals surface area contributed by atoms with Crippen LogP contribution in [0.25, 0.3) is 0 Å². The fourth-order valence-electron chi connectivity index (χ4n) is 0.987. The molecule has 0 unspecified atom stereocenters. The van der Waals surface area contributed by atoms with Crippen molar-refractivity contribution in [2.75, 3.05) is 0 Å². The lowest BCUT2D eigenvalue weighted by Crippen LogP contribution is -2.04. The highest BCUT2D eigenvalue weighted by Gasteiger charge is 2.05. The second-order valence-electron chi connectivity index (χ2n) is 2.80. The molecule has 4 N–H and O–H groups in total. The summed E-state index contributed by atoms with van der Waals surface area (Å²) in [5.74, 6) is -0.969. The van der Waals surface area contributed by atoms with Crippen molar-refractivity contribution >= 4 is 17.5 Å². The minimum atomic E-state index is -1.12. The summed E-state index contributed by atoms with van der Waals surface area (Å²) < 4.78 is 0. The first-order valence-corrected chi connectivity index (χ1v) is 3.87. The first-order valence-electron chi connectivity index (χ1n) is 3.87. The zero-order chi connectivity index (χ0) is 10.7. The van der Waals surface area contributed by atoms with Gasteiger partial charge in [0.15, 0.2) is 0 Å². The Morgan fingerprint density at radius 2 is 2.07 bits per heavy atom. The van der Waals surface area contributed by atoms with Crippen LogP contribution in [0.5, 0.6) is 5.75 Å². The van der Waals surface area contributed by atoms with E-state index in [9.17, 15) is 9.90 Å². The van der Waals surface area contributed by atoms with Gasteiger partial charge < -0.3 is 15.9 Å². The summed E-state index contributed by atoms with van der Waals surface area (Å²) in [6.45, 7) is 1.57. The number of phenols is 1. The van der Waals surface area contributed by atoms with Gasteiger partial charge in [-0.3, -0.25) is 0 Å². The standard InChI is InChI=1S/C9H10N2O3/c1-5(10)11-7-2-6(9(13)14)3-8(12)4-7/h2-4,12H,1H3,(H2,10,11)(H,13,14). The molecular formula is C9H10N2O3. The Hall–Kier alpha value is -2.04. The minimum absolute atomic E-state index is 0.0231. The van der Waals surface area contributed by atoms with Crippen LogP contribution < -0.4 is 5.73 Å². The summed E-state index contributed by atoms with van der Waals surface area (Å²) >= 11 is 0. The topological polar surface area (TPSA) is 95.9 Å². The van der Waals surface area contributed by atoms with Crippen molar-refractivity contribution in [1.29, 1.82) is 0 Å². The summed E-state index contributed by atoms with van der Waals surface area (Å²) in [7, 11) is 0. The number of phenolic OH excluding ortho intramolecular Hbond substituents is 1. The Bertz CT molecular complexity index is 395. The summed E-state index contributed by atoms with van der Waals surface area (Å²) in [4.78, 5) is 14.4. The number of aromatic carboxylic acids is 1. The van der Waals surface area contributed by atoms with Crippen molar-refractivity contribution < 1.29 is 15.0 Å². The van der Waals surface area contributed by atoms with E-state index >= 15 is 0 Å². The van der Waals surface area contributed by atoms with Gasteiger partial charge in [0, 0.05) is 6.07 Å². The first-order chi connectivity index (χ1) is 6.49. The van der Waals surface area contributed by atoms with Gasteiger partial charge in [0.05, 0.1) is 17.1 Å². The van der Waals surface area contributed by atoms with Crippen LogP contribution in [0.3, 0.4) is 0 Å². The summed E-state index contributed by atoms with van der Waals surface area (Å²) in [5, 5.41) is 17.9. The predicted octanol–water partition coefficient (Wildman–Crippen LogP) is 1.10. The number of aromatic hydroxyl groups is 1. The molecule has 0 spiro atoms. The summed E-state index contributed by atoms with van der Waals surface area (Å²) in [5.41, 5.74) is 5.62. The molecule has 14 heavy (non-hydrogen) atoms. The summed E-state index contributed by atoms with van der Waals surface area (Å²) in [6.07, 6.45) is 0. The molecule has 0 aliphatic heterocycles. The molecule has 0 saturated heterocycles. The Kier molecular flexibility index (Phi) is 2.71. The van der Waals surface area contributed by atoms with Gasteiger partial charge in [-0.05, 0) is 19.1 Å². The number of carboxylic acids is 1. The van der Waals surface area contributed by atoms with Crippen LogP contribution >= 0.6 is 0 Å². The van der Waals surface area contributed by atoms with E-state index in [0.29, 0.717) is 11.5 Å². The molecule has 5 nitrogen and oxygen atoms in total. The van der Waals surface area contributed by atoms with E-state index in [1.54, 1.807) is 6.92 Å². The second-order valence-corrected chi connectivity index (χ2v) is 2.80. The Morgan fingerprint density at radius 3 is 2.57 bits per heavy atom. The average molecular weight is 194 g/mol. The van der Waals surface area contributed by atoms with Crippen molar-refractivity contribution in [2.24, 2.45) is 10.7 Å². The van der Waals surface area contributed by atoms with Crippen LogP contribution in [0, 0.1) is 0 Å². The smallest absolute Gasteiger partial charge is 0.335 e. The van der Waals surface area contributed by atoms with Crippen molar-refractivity contribution in [3.8, 4) is 5.75 Å². The van der Waals surface area contributed by atoms with Gasteiger partial charge >= 0.3 is 5.97 Å². The normalized spacial score (nSPS) is 11.4. The Balaban J connectivity index is 3.20. The number of hydrogen-bond donors (Lipinski definition) is 3. The van der Waals surface area contributed by atoms with Gasteiger partial charge in [0.25, 0.3) is 0 Å². The molecular weight excluding hydrogens is 184 g/mol. The lowest BCUT2D eigenvalue weighted by Gasteiger charge is -1.99. The van der Waals surface area contributed by atoms with E-state index in [0.717, 1.165) is 6.07 Å². The number of amidine groups is 1. The summed E-state index contributed by atoms with van der Waals surface area (Å²) in [6, 6.07) is 3.81. The number of hydrogen-bond acceptors (Lipinski definition) is 3. The van der Waals surface area contributed by atoms with Crippen molar-refractivity contribution in [3.63, 3.8) is 0 Å². The van der Waals surface area contributed by atoms with Gasteiger partial charge in [-0.25, -0.2) is 9.79 Å². The fourth-order valence-corrected chi connectivity index (χ4v) is 0.987. The van der Waals surface area contributed by atoms with E-state index in [2.05, 4.69) is 4.99 Å². The highest BCUT2D eigenvalue weighted by atomic mass is 16.4. The third-order valence-corrected chi connectivity index (χ3v) is 1.45. The third-order valence-electron chi connectivity index (χ3n) is 1.45. The monoisotopic (exact) mass is 194 g/mol. The van der Waals surface area contributed by atoms with Gasteiger partial charge in [-0.1, -0.05) is 0 Å². The molecule has 0 aliphatic carbocycles. The van der Waals surface area contributed by atoms with E-state index in [1.807, 2.05) is 0 Å². The van der Waals surface area contributed by atoms with Crippen LogP contribution in [0.4, 0.5) is 5.69 Å². The Morgan fingerprint density at radius 1 is 1.43 bits per heavy atom. The van der Waals surface area contributed by atoms with Crippen molar-refractivity contribution in [2.45, 2.75) is 6.92 Å². The zero-order valence-electron chi connectivity index (χ0n) is 7.56. The first kappa shape index (κ1) is 10.0. The average Bonchev–Trinajstić information content (AvgIpc) is 2.01. The van der Waals surface area contributed by atoms with Crippen LogP contribution in [0.1, 0.15) is 17.3 Å². The largest absolute Gasteiger partial charge is 0.508 e.